The standard InChI is InChI=1S/2C17H20FN3O2.C9H9FN2.C8H13NO3.C4H6N2.CH3ClO2S/c2*1-12(22)20-9-6-13(7-10-20)17(23)21-16(5-8-19-21)14-3-2-4-15(18)11-14;10-8-3-1-2-7(6-8)9-4-5-11-12-9;1-6(10)9-4-2-7(3-5-9)8(11)12;1-6-3-2-5-4-6;1-5(2,3)4/h2*2-4,8,11,13,16H,5-7,9-10H2,1H3;1-3,5-6,9,12H,4H2;7H,2-5H2,1H3,(H,11,12);2-4H,1H3;1H3/t16-;;;;;/m0...../s1. The Morgan fingerprint density at radius 3 is 1.26 bits per heavy atom. The Labute approximate surface area is 475 Å². The summed E-state index contributed by atoms with van der Waals surface area (Å²) in [6.07, 6.45) is 17.4. The first-order valence-electron chi connectivity index (χ1n) is 26.5. The predicted octanol–water partition coefficient (Wildman–Crippen LogP) is 7.47. The van der Waals surface area contributed by atoms with Gasteiger partial charge in [-0.05, 0) is 91.6 Å². The van der Waals surface area contributed by atoms with E-state index in [9.17, 15) is 50.4 Å². The van der Waals surface area contributed by atoms with E-state index < -0.39 is 15.0 Å². The first-order chi connectivity index (χ1) is 38.5. The summed E-state index contributed by atoms with van der Waals surface area (Å²) in [5, 5.41) is 23.9. The van der Waals surface area contributed by atoms with E-state index in [1.54, 1.807) is 77.9 Å². The van der Waals surface area contributed by atoms with Gasteiger partial charge in [0.25, 0.3) is 0 Å². The zero-order valence-corrected chi connectivity index (χ0v) is 47.6. The molecular formula is C56H71ClF3N11O9S. The maximum absolute atomic E-state index is 13.4. The van der Waals surface area contributed by atoms with Gasteiger partial charge in [0.1, 0.15) is 17.5 Å². The Morgan fingerprint density at radius 1 is 0.593 bits per heavy atom. The molecule has 0 saturated carbocycles. The summed E-state index contributed by atoms with van der Waals surface area (Å²) in [5.41, 5.74) is 5.38. The van der Waals surface area contributed by atoms with Crippen LogP contribution >= 0.6 is 10.7 Å². The van der Waals surface area contributed by atoms with Crippen molar-refractivity contribution < 1.29 is 55.5 Å². The third kappa shape index (κ3) is 21.2. The minimum Gasteiger partial charge on any atom is -0.481 e. The summed E-state index contributed by atoms with van der Waals surface area (Å²) in [4.78, 5) is 78.7. The molecular weight excluding hydrogens is 1100 g/mol. The summed E-state index contributed by atoms with van der Waals surface area (Å²) in [6.45, 7) is 8.21. The number of nitrogens with zero attached hydrogens (tertiary/aromatic N) is 10. The predicted molar refractivity (Wildman–Crippen MR) is 300 cm³/mol. The number of aromatic nitrogens is 2. The normalized spacial score (nSPS) is 19.7. The highest BCUT2D eigenvalue weighted by Gasteiger charge is 2.37. The third-order valence-electron chi connectivity index (χ3n) is 14.0. The van der Waals surface area contributed by atoms with Crippen molar-refractivity contribution in [1.29, 1.82) is 0 Å². The fourth-order valence-corrected chi connectivity index (χ4v) is 9.55. The average molecular weight is 1170 g/mol. The van der Waals surface area contributed by atoms with E-state index in [-0.39, 0.29) is 82.9 Å². The van der Waals surface area contributed by atoms with Crippen LogP contribution in [0.3, 0.4) is 0 Å². The molecule has 3 atom stereocenters. The van der Waals surface area contributed by atoms with E-state index in [0.717, 1.165) is 29.4 Å². The lowest BCUT2D eigenvalue weighted by Gasteiger charge is -2.33. The number of amides is 5. The first kappa shape index (κ1) is 64.4. The van der Waals surface area contributed by atoms with Gasteiger partial charge >= 0.3 is 5.97 Å². The Kier molecular flexibility index (Phi) is 25.0. The topological polar surface area (TPSA) is 240 Å². The van der Waals surface area contributed by atoms with Crippen molar-refractivity contribution in [3.63, 3.8) is 0 Å². The van der Waals surface area contributed by atoms with Crippen molar-refractivity contribution in [3.8, 4) is 0 Å². The van der Waals surface area contributed by atoms with Crippen LogP contribution in [0, 0.1) is 35.2 Å². The molecule has 25 heteroatoms. The number of rotatable bonds is 6. The number of halogens is 4. The van der Waals surface area contributed by atoms with Crippen molar-refractivity contribution in [1.82, 2.24) is 39.7 Å². The number of carboxylic acids is 1. The number of nitrogens with one attached hydrogen (secondary N) is 1. The number of carboxylic acid groups (broad SMARTS) is 1. The highest BCUT2D eigenvalue weighted by Crippen LogP contribution is 2.34. The van der Waals surface area contributed by atoms with Gasteiger partial charge in [-0.15, -0.1) is 0 Å². The molecule has 2 unspecified atom stereocenters. The van der Waals surface area contributed by atoms with Crippen LogP contribution in [0.4, 0.5) is 13.2 Å². The van der Waals surface area contributed by atoms with Crippen LogP contribution in [0.1, 0.15) is 113 Å². The number of carbonyl (C=O) groups is 6. The summed E-state index contributed by atoms with van der Waals surface area (Å²) >= 11 is 0. The molecule has 1 aromatic heterocycles. The fraction of sp³-hybridized carbons (Fsp3) is 0.464. The van der Waals surface area contributed by atoms with Crippen molar-refractivity contribution >= 4 is 73.9 Å². The number of hydrogen-bond acceptors (Lipinski definition) is 13. The molecule has 7 heterocycles. The molecule has 2 N–H and O–H groups in total. The maximum atomic E-state index is 13.4. The zero-order valence-electron chi connectivity index (χ0n) is 46.1. The Hall–Kier alpha value is -7.47. The smallest absolute Gasteiger partial charge is 0.306 e. The second-order valence-corrected chi connectivity index (χ2v) is 23.0. The van der Waals surface area contributed by atoms with E-state index in [1.807, 2.05) is 36.0 Å². The van der Waals surface area contributed by atoms with Gasteiger partial charge in [-0.3, -0.25) is 28.8 Å². The number of hydrogen-bond donors (Lipinski definition) is 2. The highest BCUT2D eigenvalue weighted by molar-refractivity contribution is 8.13. The highest BCUT2D eigenvalue weighted by atomic mass is 35.7. The van der Waals surface area contributed by atoms with Crippen LogP contribution in [-0.2, 0) is 44.9 Å². The number of piperidine rings is 3. The Morgan fingerprint density at radius 2 is 0.963 bits per heavy atom. The lowest BCUT2D eigenvalue weighted by Crippen LogP contribution is -2.42. The minimum absolute atomic E-state index is 0.0313. The second-order valence-electron chi connectivity index (χ2n) is 19.9. The van der Waals surface area contributed by atoms with Crippen molar-refractivity contribution in [3.05, 3.63) is 126 Å². The van der Waals surface area contributed by atoms with E-state index in [4.69, 9.17) is 5.11 Å². The summed E-state index contributed by atoms with van der Waals surface area (Å²) in [7, 11) is 3.25. The molecule has 10 rings (SSSR count). The van der Waals surface area contributed by atoms with Gasteiger partial charge in [-0.25, -0.2) is 36.6 Å². The Bertz CT molecular complexity index is 2800. The number of likely N-dealkylation sites (tertiary alicyclic amines) is 3. The molecule has 0 spiro atoms. The monoisotopic (exact) mass is 1170 g/mol. The lowest BCUT2D eigenvalue weighted by atomic mass is 9.94. The van der Waals surface area contributed by atoms with Crippen LogP contribution in [0.5, 0.6) is 0 Å². The van der Waals surface area contributed by atoms with Crippen LogP contribution in [0.15, 0.2) is 107 Å². The maximum Gasteiger partial charge on any atom is 0.306 e. The molecule has 20 nitrogen and oxygen atoms in total. The summed E-state index contributed by atoms with van der Waals surface area (Å²) in [5.74, 6) is -1.98. The molecule has 5 amide bonds. The number of imidazole rings is 1. The van der Waals surface area contributed by atoms with Crippen molar-refractivity contribution in [2.24, 2.45) is 40.1 Å². The molecule has 3 aromatic carbocycles. The quantitative estimate of drug-likeness (QED) is 0.180. The molecule has 4 aromatic rings. The molecule has 6 aliphatic rings. The first-order valence-corrected chi connectivity index (χ1v) is 29.3. The van der Waals surface area contributed by atoms with Crippen molar-refractivity contribution in [2.45, 2.75) is 96.7 Å². The molecule has 3 fully saturated rings. The Balaban J connectivity index is 0.000000192. The number of benzene rings is 3. The SMILES string of the molecule is CC(=O)N1CCC(C(=O)N2N=CCC2c2cccc(F)c2)CC1.CC(=O)N1CCC(C(=O)N2N=CC[C@H]2c2cccc(F)c2)CC1.CC(=O)N1CCC(C(=O)O)CC1.CS(=O)(=O)Cl.Cn1ccnc1.Fc1cccc(C2CC=NN2)c1. The third-order valence-corrected chi connectivity index (χ3v) is 14.0. The lowest BCUT2D eigenvalue weighted by molar-refractivity contribution is -0.145. The van der Waals surface area contributed by atoms with Gasteiger partial charge in [0.15, 0.2) is 0 Å². The van der Waals surface area contributed by atoms with Crippen LogP contribution in [0.25, 0.3) is 0 Å². The summed E-state index contributed by atoms with van der Waals surface area (Å²) in [6, 6.07) is 18.9. The van der Waals surface area contributed by atoms with Gasteiger partial charge in [-0.2, -0.15) is 15.3 Å². The van der Waals surface area contributed by atoms with Crippen LogP contribution in [-0.4, -0.2) is 147 Å². The van der Waals surface area contributed by atoms with Gasteiger partial charge in [0.05, 0.1) is 36.6 Å². The number of aliphatic carboxylic acids is 1. The molecule has 0 radical (unpaired) electrons. The minimum atomic E-state index is -3.19. The van der Waals surface area contributed by atoms with Gasteiger partial charge in [0, 0.05) is 140 Å². The van der Waals surface area contributed by atoms with Gasteiger partial charge < -0.3 is 29.8 Å². The van der Waals surface area contributed by atoms with Crippen LogP contribution in [0.2, 0.25) is 0 Å². The second kappa shape index (κ2) is 31.5. The number of aryl methyl sites for hydroxylation is 1. The van der Waals surface area contributed by atoms with E-state index in [0.29, 0.717) is 90.6 Å². The van der Waals surface area contributed by atoms with Crippen LogP contribution < -0.4 is 5.43 Å². The molecule has 3 saturated heterocycles. The molecule has 81 heavy (non-hydrogen) atoms. The van der Waals surface area contributed by atoms with E-state index >= 15 is 0 Å². The molecule has 0 bridgehead atoms. The fourth-order valence-electron chi connectivity index (χ4n) is 9.55. The molecule has 6 aliphatic heterocycles. The van der Waals surface area contributed by atoms with E-state index in [1.165, 1.54) is 53.3 Å². The average Bonchev–Trinajstić information content (AvgIpc) is 4.32. The number of carbonyl (C=O) groups excluding carboxylic acids is 5. The molecule has 438 valence electrons. The van der Waals surface area contributed by atoms with E-state index in [2.05, 4.69) is 36.4 Å². The molecule has 0 aliphatic carbocycles. The largest absolute Gasteiger partial charge is 0.481 e. The zero-order chi connectivity index (χ0) is 59.2. The summed E-state index contributed by atoms with van der Waals surface area (Å²) < 4.78 is 60.3. The number of hydrazone groups is 3. The van der Waals surface area contributed by atoms with Gasteiger partial charge in [-0.1, -0.05) is 36.4 Å². The van der Waals surface area contributed by atoms with Gasteiger partial charge in [0.2, 0.25) is 38.6 Å². The van der Waals surface area contributed by atoms with Crippen molar-refractivity contribution in [2.75, 3.05) is 45.5 Å².